The molecular weight excluding hydrogens is 284 g/mol. The molecule has 0 spiro atoms. The first-order chi connectivity index (χ1) is 10.6. The van der Waals surface area contributed by atoms with Crippen molar-refractivity contribution >= 4 is 17.8 Å². The number of nitrogens with one attached hydrogen (secondary N) is 3. The van der Waals surface area contributed by atoms with Gasteiger partial charge in [0.25, 0.3) is 0 Å². The van der Waals surface area contributed by atoms with Gasteiger partial charge in [0.05, 0.1) is 6.54 Å². The van der Waals surface area contributed by atoms with Crippen LogP contribution in [-0.4, -0.2) is 55.5 Å². The van der Waals surface area contributed by atoms with Crippen LogP contribution >= 0.6 is 0 Å². The number of urea groups is 1. The molecule has 124 valence electrons. The van der Waals surface area contributed by atoms with E-state index in [1.807, 2.05) is 0 Å². The van der Waals surface area contributed by atoms with Crippen LogP contribution in [0.3, 0.4) is 0 Å². The predicted molar refractivity (Wildman–Crippen MR) is 82.1 cm³/mol. The van der Waals surface area contributed by atoms with E-state index in [0.717, 1.165) is 13.1 Å². The Kier molecular flexibility index (Phi) is 6.18. The number of hydrogen-bond acceptors (Lipinski definition) is 4. The summed E-state index contributed by atoms with van der Waals surface area (Å²) in [6.07, 6.45) is 3.50. The number of carbonyl (C=O) groups is 3. The average molecular weight is 310 g/mol. The lowest BCUT2D eigenvalue weighted by Crippen LogP contribution is -2.36. The first-order valence-electron chi connectivity index (χ1n) is 8.13. The van der Waals surface area contributed by atoms with Crippen LogP contribution in [0, 0.1) is 11.8 Å². The van der Waals surface area contributed by atoms with E-state index >= 15 is 0 Å². The third kappa shape index (κ3) is 4.69. The van der Waals surface area contributed by atoms with Crippen LogP contribution in [0.25, 0.3) is 0 Å². The number of carbonyl (C=O) groups excluding carboxylic acids is 3. The molecule has 2 aliphatic heterocycles. The van der Waals surface area contributed by atoms with Crippen LogP contribution in [0.15, 0.2) is 0 Å². The van der Waals surface area contributed by atoms with Crippen molar-refractivity contribution in [1.82, 2.24) is 20.9 Å². The molecule has 0 aromatic heterocycles. The van der Waals surface area contributed by atoms with Gasteiger partial charge in [0.1, 0.15) is 0 Å². The number of imide groups is 1. The minimum atomic E-state index is -0.338. The van der Waals surface area contributed by atoms with E-state index in [2.05, 4.69) is 22.9 Å². The largest absolute Gasteiger partial charge is 0.356 e. The molecule has 2 unspecified atom stereocenters. The average Bonchev–Trinajstić information content (AvgIpc) is 2.83. The van der Waals surface area contributed by atoms with E-state index < -0.39 is 0 Å². The Morgan fingerprint density at radius 1 is 1.45 bits per heavy atom. The van der Waals surface area contributed by atoms with Crippen LogP contribution in [0.2, 0.25) is 0 Å². The van der Waals surface area contributed by atoms with Crippen molar-refractivity contribution in [2.24, 2.45) is 11.8 Å². The molecule has 0 saturated carbocycles. The highest BCUT2D eigenvalue weighted by atomic mass is 16.2. The summed E-state index contributed by atoms with van der Waals surface area (Å²) in [6.45, 7) is 5.14. The Balaban J connectivity index is 1.59. The number of rotatable bonds is 7. The third-order valence-corrected chi connectivity index (χ3v) is 4.46. The van der Waals surface area contributed by atoms with Crippen LogP contribution in [0.1, 0.15) is 32.6 Å². The molecule has 0 radical (unpaired) electrons. The predicted octanol–water partition coefficient (Wildman–Crippen LogP) is 0.0703. The van der Waals surface area contributed by atoms with E-state index in [4.69, 9.17) is 0 Å². The minimum Gasteiger partial charge on any atom is -0.356 e. The van der Waals surface area contributed by atoms with Crippen LogP contribution in [0.5, 0.6) is 0 Å². The third-order valence-electron chi connectivity index (χ3n) is 4.46. The van der Waals surface area contributed by atoms with E-state index in [1.54, 1.807) is 0 Å². The van der Waals surface area contributed by atoms with Gasteiger partial charge in [-0.2, -0.15) is 0 Å². The van der Waals surface area contributed by atoms with E-state index in [0.29, 0.717) is 37.8 Å². The Morgan fingerprint density at radius 3 is 2.91 bits per heavy atom. The zero-order valence-electron chi connectivity index (χ0n) is 13.2. The summed E-state index contributed by atoms with van der Waals surface area (Å²) in [5.41, 5.74) is 0. The fourth-order valence-electron chi connectivity index (χ4n) is 3.04. The summed E-state index contributed by atoms with van der Waals surface area (Å²) in [6, 6.07) is -0.338. The van der Waals surface area contributed by atoms with Gasteiger partial charge in [-0.1, -0.05) is 6.92 Å². The van der Waals surface area contributed by atoms with Gasteiger partial charge in [0.15, 0.2) is 0 Å². The second-order valence-corrected chi connectivity index (χ2v) is 6.20. The zero-order chi connectivity index (χ0) is 15.9. The molecule has 0 bridgehead atoms. The Hall–Kier alpha value is -1.63. The van der Waals surface area contributed by atoms with E-state index in [-0.39, 0.29) is 24.4 Å². The van der Waals surface area contributed by atoms with E-state index in [1.165, 1.54) is 17.7 Å². The number of piperidine rings is 1. The van der Waals surface area contributed by atoms with Gasteiger partial charge >= 0.3 is 6.03 Å². The molecule has 2 saturated heterocycles. The molecule has 2 fully saturated rings. The van der Waals surface area contributed by atoms with Crippen molar-refractivity contribution in [2.45, 2.75) is 32.6 Å². The summed E-state index contributed by atoms with van der Waals surface area (Å²) in [4.78, 5) is 35.8. The minimum absolute atomic E-state index is 0.0512. The van der Waals surface area contributed by atoms with Crippen molar-refractivity contribution in [3.8, 4) is 0 Å². The van der Waals surface area contributed by atoms with Crippen molar-refractivity contribution in [2.75, 3.05) is 32.7 Å². The first kappa shape index (κ1) is 16.7. The molecule has 3 N–H and O–H groups in total. The first-order valence-corrected chi connectivity index (χ1v) is 8.13. The monoisotopic (exact) mass is 310 g/mol. The molecule has 0 aliphatic carbocycles. The molecule has 2 atom stereocenters. The molecule has 0 aromatic carbocycles. The second kappa shape index (κ2) is 8.12. The molecule has 7 heteroatoms. The van der Waals surface area contributed by atoms with Gasteiger partial charge in [0.2, 0.25) is 11.8 Å². The highest BCUT2D eigenvalue weighted by molar-refractivity contribution is 6.01. The summed E-state index contributed by atoms with van der Waals surface area (Å²) < 4.78 is 0. The van der Waals surface area contributed by atoms with Crippen molar-refractivity contribution in [3.63, 3.8) is 0 Å². The Labute approximate surface area is 131 Å². The smallest absolute Gasteiger partial charge is 0.324 e. The fourth-order valence-corrected chi connectivity index (χ4v) is 3.04. The maximum atomic E-state index is 11.9. The molecule has 2 aliphatic rings. The normalized spacial score (nSPS) is 23.3. The Morgan fingerprint density at radius 2 is 2.27 bits per heavy atom. The number of amides is 4. The maximum absolute atomic E-state index is 11.9. The highest BCUT2D eigenvalue weighted by Gasteiger charge is 2.27. The van der Waals surface area contributed by atoms with Crippen molar-refractivity contribution in [1.29, 1.82) is 0 Å². The molecule has 22 heavy (non-hydrogen) atoms. The Bertz CT molecular complexity index is 405. The maximum Gasteiger partial charge on any atom is 0.324 e. The van der Waals surface area contributed by atoms with Gasteiger partial charge in [-0.25, -0.2) is 4.79 Å². The molecule has 2 rings (SSSR count). The van der Waals surface area contributed by atoms with Gasteiger partial charge < -0.3 is 16.0 Å². The van der Waals surface area contributed by atoms with Gasteiger partial charge in [-0.05, 0) is 44.2 Å². The quantitative estimate of drug-likeness (QED) is 0.458. The fraction of sp³-hybridized carbons (Fsp3) is 0.800. The summed E-state index contributed by atoms with van der Waals surface area (Å²) >= 11 is 0. The second-order valence-electron chi connectivity index (χ2n) is 6.20. The summed E-state index contributed by atoms with van der Waals surface area (Å²) in [5, 5.41) is 8.73. The molecule has 4 amide bonds. The lowest BCUT2D eigenvalue weighted by Gasteiger charge is -2.28. The van der Waals surface area contributed by atoms with Crippen LogP contribution in [-0.2, 0) is 9.59 Å². The molecule has 2 heterocycles. The SMILES string of the molecule is CC(CC(=O)NCCCN1C(=O)CNC1=O)C1CCCNC1. The zero-order valence-corrected chi connectivity index (χ0v) is 13.2. The number of hydrogen-bond donors (Lipinski definition) is 3. The highest BCUT2D eigenvalue weighted by Crippen LogP contribution is 2.22. The lowest BCUT2D eigenvalue weighted by atomic mass is 9.85. The van der Waals surface area contributed by atoms with Crippen molar-refractivity contribution in [3.05, 3.63) is 0 Å². The lowest BCUT2D eigenvalue weighted by molar-refractivity contribution is -0.125. The topological polar surface area (TPSA) is 90.5 Å². The number of nitrogens with zero attached hydrogens (tertiary/aromatic N) is 1. The standard InChI is InChI=1S/C15H26N4O3/c1-11(12-4-2-5-16-9-12)8-13(20)17-6-3-7-19-14(21)10-18-15(19)22/h11-12,16H,2-10H2,1H3,(H,17,20)(H,18,22). The van der Waals surface area contributed by atoms with Crippen LogP contribution < -0.4 is 16.0 Å². The molecule has 7 nitrogen and oxygen atoms in total. The van der Waals surface area contributed by atoms with Crippen molar-refractivity contribution < 1.29 is 14.4 Å². The molecule has 0 aromatic rings. The summed E-state index contributed by atoms with van der Waals surface area (Å²) in [7, 11) is 0. The van der Waals surface area contributed by atoms with E-state index in [9.17, 15) is 14.4 Å². The molecular formula is C15H26N4O3. The van der Waals surface area contributed by atoms with Gasteiger partial charge in [-0.15, -0.1) is 0 Å². The van der Waals surface area contributed by atoms with Crippen LogP contribution in [0.4, 0.5) is 4.79 Å². The van der Waals surface area contributed by atoms with Gasteiger partial charge in [-0.3, -0.25) is 14.5 Å². The van der Waals surface area contributed by atoms with Gasteiger partial charge in [0, 0.05) is 19.5 Å². The summed E-state index contributed by atoms with van der Waals surface area (Å²) in [5.74, 6) is 0.800.